The minimum Gasteiger partial charge on any atom is -0.475 e. The van der Waals surface area contributed by atoms with Gasteiger partial charge in [0.1, 0.15) is 0 Å². The van der Waals surface area contributed by atoms with E-state index in [4.69, 9.17) is 24.5 Å². The second kappa shape index (κ2) is 13.4. The number of alkyl halides is 6. The number of hydrogen-bond donors (Lipinski definition) is 2. The molecule has 2 aromatic rings. The second-order valence-corrected chi connectivity index (χ2v) is 8.42. The van der Waals surface area contributed by atoms with E-state index < -0.39 is 24.3 Å². The molecule has 8 nitrogen and oxygen atoms in total. The highest BCUT2D eigenvalue weighted by Gasteiger charge is 2.39. The number of aliphatic carboxylic acids is 2. The lowest BCUT2D eigenvalue weighted by atomic mass is 10.2. The summed E-state index contributed by atoms with van der Waals surface area (Å²) in [6, 6.07) is 9.21. The molecule has 1 fully saturated rings. The molecule has 0 saturated heterocycles. The van der Waals surface area contributed by atoms with E-state index in [1.807, 2.05) is 18.5 Å². The summed E-state index contributed by atoms with van der Waals surface area (Å²) < 4.78 is 72.1. The van der Waals surface area contributed by atoms with Gasteiger partial charge in [-0.05, 0) is 36.6 Å². The Morgan fingerprint density at radius 1 is 0.973 bits per heavy atom. The number of ether oxygens (including phenoxy) is 1. The van der Waals surface area contributed by atoms with Gasteiger partial charge in [0, 0.05) is 50.0 Å². The predicted octanol–water partition coefficient (Wildman–Crippen LogP) is 4.49. The van der Waals surface area contributed by atoms with Crippen molar-refractivity contribution in [2.45, 2.75) is 69.9 Å². The van der Waals surface area contributed by atoms with Gasteiger partial charge in [-0.3, -0.25) is 9.88 Å². The Morgan fingerprint density at radius 2 is 1.57 bits per heavy atom. The molecule has 0 bridgehead atoms. The zero-order valence-electron chi connectivity index (χ0n) is 19.6. The molecule has 3 heterocycles. The van der Waals surface area contributed by atoms with Crippen LogP contribution in [0.1, 0.15) is 36.9 Å². The highest BCUT2D eigenvalue weighted by atomic mass is 19.4. The molecule has 4 rings (SSSR count). The van der Waals surface area contributed by atoms with Crippen molar-refractivity contribution in [2.75, 3.05) is 6.54 Å². The van der Waals surface area contributed by atoms with Crippen molar-refractivity contribution < 1.29 is 50.9 Å². The maximum Gasteiger partial charge on any atom is 0.490 e. The van der Waals surface area contributed by atoms with E-state index in [1.54, 1.807) is 0 Å². The first-order chi connectivity index (χ1) is 17.3. The van der Waals surface area contributed by atoms with Crippen molar-refractivity contribution in [3.05, 3.63) is 54.1 Å². The highest BCUT2D eigenvalue weighted by Crippen LogP contribution is 2.27. The molecule has 0 amide bonds. The molecule has 0 spiro atoms. The Morgan fingerprint density at radius 3 is 2.08 bits per heavy atom. The number of fused-ring (bicyclic) bond motifs is 1. The van der Waals surface area contributed by atoms with E-state index in [9.17, 15) is 26.3 Å². The van der Waals surface area contributed by atoms with Gasteiger partial charge in [0.05, 0.1) is 12.7 Å². The maximum atomic E-state index is 10.6. The van der Waals surface area contributed by atoms with Crippen molar-refractivity contribution >= 4 is 11.9 Å². The Labute approximate surface area is 208 Å². The normalized spacial score (nSPS) is 18.5. The lowest BCUT2D eigenvalue weighted by Gasteiger charge is -2.29. The summed E-state index contributed by atoms with van der Waals surface area (Å²) >= 11 is 0. The summed E-state index contributed by atoms with van der Waals surface area (Å²) in [7, 11) is 0. The monoisotopic (exact) mass is 539 g/mol. The summed E-state index contributed by atoms with van der Waals surface area (Å²) in [5, 5.41) is 14.2. The number of carbonyl (C=O) groups is 2. The van der Waals surface area contributed by atoms with Crippen molar-refractivity contribution in [3.8, 4) is 0 Å². The van der Waals surface area contributed by atoms with E-state index in [2.05, 4.69) is 38.8 Å². The van der Waals surface area contributed by atoms with Gasteiger partial charge in [0.2, 0.25) is 0 Å². The zero-order chi connectivity index (χ0) is 27.6. The SMILES string of the molecule is O=C(O)C(F)(F)F.O=C(O)C(F)(F)F.c1cncc(COC2CN(C3CCCC3)Cc3cccn3C2)c1. The second-order valence-electron chi connectivity index (χ2n) is 8.42. The Hall–Kier alpha value is -3.13. The van der Waals surface area contributed by atoms with Crippen molar-refractivity contribution in [2.24, 2.45) is 0 Å². The lowest BCUT2D eigenvalue weighted by molar-refractivity contribution is -0.193. The molecule has 0 radical (unpaired) electrons. The van der Waals surface area contributed by atoms with Crippen LogP contribution in [0, 0.1) is 0 Å². The third-order valence-electron chi connectivity index (χ3n) is 5.66. The fourth-order valence-corrected chi connectivity index (χ4v) is 3.93. The highest BCUT2D eigenvalue weighted by molar-refractivity contribution is 5.73. The summed E-state index contributed by atoms with van der Waals surface area (Å²) in [6.07, 6.45) is 1.41. The van der Waals surface area contributed by atoms with Crippen molar-refractivity contribution in [1.82, 2.24) is 14.5 Å². The molecular formula is C23H27F6N3O5. The molecule has 1 aliphatic heterocycles. The topological polar surface area (TPSA) is 105 Å². The number of carboxylic acid groups (broad SMARTS) is 2. The quantitative estimate of drug-likeness (QED) is 0.552. The van der Waals surface area contributed by atoms with Crippen LogP contribution in [-0.4, -0.2) is 67.6 Å². The molecule has 1 aliphatic carbocycles. The molecule has 2 aliphatic rings. The van der Waals surface area contributed by atoms with Crippen LogP contribution < -0.4 is 0 Å². The average Bonchev–Trinajstić information content (AvgIpc) is 3.47. The molecular weight excluding hydrogens is 512 g/mol. The molecule has 2 aromatic heterocycles. The smallest absolute Gasteiger partial charge is 0.475 e. The summed E-state index contributed by atoms with van der Waals surface area (Å²) in [5.41, 5.74) is 2.57. The van der Waals surface area contributed by atoms with Crippen LogP contribution in [0.5, 0.6) is 0 Å². The number of aromatic nitrogens is 2. The Balaban J connectivity index is 0.000000286. The predicted molar refractivity (Wildman–Crippen MR) is 117 cm³/mol. The van der Waals surface area contributed by atoms with Crippen molar-refractivity contribution in [1.29, 1.82) is 0 Å². The third kappa shape index (κ3) is 10.4. The summed E-state index contributed by atoms with van der Waals surface area (Å²) in [5.74, 6) is -5.51. The van der Waals surface area contributed by atoms with Crippen molar-refractivity contribution in [3.63, 3.8) is 0 Å². The number of nitrogens with zero attached hydrogens (tertiary/aromatic N) is 3. The van der Waals surface area contributed by atoms with Crippen LogP contribution in [0.2, 0.25) is 0 Å². The number of halogens is 6. The molecule has 37 heavy (non-hydrogen) atoms. The van der Waals surface area contributed by atoms with E-state index >= 15 is 0 Å². The molecule has 1 saturated carbocycles. The summed E-state index contributed by atoms with van der Waals surface area (Å²) in [4.78, 5) is 24.6. The average molecular weight is 539 g/mol. The van der Waals surface area contributed by atoms with E-state index in [1.165, 1.54) is 31.4 Å². The number of carboxylic acids is 2. The molecule has 0 aromatic carbocycles. The fraction of sp³-hybridized carbons (Fsp3) is 0.522. The van der Waals surface area contributed by atoms with Crippen LogP contribution in [0.4, 0.5) is 26.3 Å². The molecule has 1 unspecified atom stereocenters. The van der Waals surface area contributed by atoms with E-state index in [-0.39, 0.29) is 6.10 Å². The van der Waals surface area contributed by atoms with Crippen LogP contribution >= 0.6 is 0 Å². The first-order valence-electron chi connectivity index (χ1n) is 11.3. The lowest BCUT2D eigenvalue weighted by Crippen LogP contribution is -2.38. The minimum absolute atomic E-state index is 0.240. The largest absolute Gasteiger partial charge is 0.490 e. The molecule has 14 heteroatoms. The Kier molecular flexibility index (Phi) is 10.9. The first kappa shape index (κ1) is 30.1. The number of rotatable bonds is 4. The number of pyridine rings is 1. The van der Waals surface area contributed by atoms with Gasteiger partial charge in [0.15, 0.2) is 0 Å². The van der Waals surface area contributed by atoms with Gasteiger partial charge in [-0.15, -0.1) is 0 Å². The van der Waals surface area contributed by atoms with Gasteiger partial charge in [-0.1, -0.05) is 18.9 Å². The van der Waals surface area contributed by atoms with E-state index in [0.29, 0.717) is 6.61 Å². The van der Waals surface area contributed by atoms with Gasteiger partial charge < -0.3 is 19.5 Å². The van der Waals surface area contributed by atoms with Crippen LogP contribution in [0.25, 0.3) is 0 Å². The maximum absolute atomic E-state index is 10.6. The van der Waals surface area contributed by atoms with Crippen LogP contribution in [0.3, 0.4) is 0 Å². The fourth-order valence-electron chi connectivity index (χ4n) is 3.93. The Bertz CT molecular complexity index is 967. The third-order valence-corrected chi connectivity index (χ3v) is 5.66. The number of hydrogen-bond acceptors (Lipinski definition) is 5. The minimum atomic E-state index is -5.08. The molecule has 1 atom stereocenters. The van der Waals surface area contributed by atoms with Gasteiger partial charge >= 0.3 is 24.3 Å². The zero-order valence-corrected chi connectivity index (χ0v) is 19.6. The standard InChI is InChI=1S/C19H25N3O.2C2HF3O2/c1-2-7-17(6-1)22-12-18-8-4-10-21(18)13-19(14-22)23-15-16-5-3-9-20-11-16;2*3-2(4,5)1(6)7/h3-5,8-11,17,19H,1-2,6-7,12-15H2;2*(H,6,7). The van der Waals surface area contributed by atoms with Crippen LogP contribution in [0.15, 0.2) is 42.9 Å². The van der Waals surface area contributed by atoms with Crippen LogP contribution in [-0.2, 0) is 34.0 Å². The van der Waals surface area contributed by atoms with Gasteiger partial charge in [-0.2, -0.15) is 26.3 Å². The van der Waals surface area contributed by atoms with Gasteiger partial charge in [-0.25, -0.2) is 9.59 Å². The van der Waals surface area contributed by atoms with Gasteiger partial charge in [0.25, 0.3) is 0 Å². The van der Waals surface area contributed by atoms with E-state index in [0.717, 1.165) is 31.2 Å². The summed E-state index contributed by atoms with van der Waals surface area (Å²) in [6.45, 7) is 3.69. The molecule has 2 N–H and O–H groups in total. The molecule has 206 valence electrons. The first-order valence-corrected chi connectivity index (χ1v) is 11.3.